The third kappa shape index (κ3) is 6.27. The normalized spacial score (nSPS) is 10.5. The first-order valence-electron chi connectivity index (χ1n) is 8.68. The Hall–Kier alpha value is -2.57. The Balaban J connectivity index is 2.02. The third-order valence-corrected chi connectivity index (χ3v) is 3.97. The van der Waals surface area contributed by atoms with Gasteiger partial charge in [-0.1, -0.05) is 30.3 Å². The largest absolute Gasteiger partial charge is 0.493 e. The average molecular weight is 374 g/mol. The van der Waals surface area contributed by atoms with Crippen LogP contribution in [-0.2, 0) is 27.1 Å². The summed E-state index contributed by atoms with van der Waals surface area (Å²) in [7, 11) is 4.68. The van der Waals surface area contributed by atoms with Crippen LogP contribution in [0, 0.1) is 0 Å². The zero-order chi connectivity index (χ0) is 19.5. The van der Waals surface area contributed by atoms with Crippen LogP contribution in [0.2, 0.25) is 0 Å². The molecule has 0 aliphatic heterocycles. The van der Waals surface area contributed by atoms with Crippen LogP contribution in [-0.4, -0.2) is 40.7 Å². The van der Waals surface area contributed by atoms with Gasteiger partial charge in [0.15, 0.2) is 25.1 Å². The van der Waals surface area contributed by atoms with Crippen LogP contribution < -0.4 is 14.2 Å². The molecule has 2 aromatic rings. The quantitative estimate of drug-likeness (QED) is 0.531. The maximum atomic E-state index is 12.5. The molecule has 146 valence electrons. The molecule has 2 rings (SSSR count). The van der Waals surface area contributed by atoms with Gasteiger partial charge in [0.25, 0.3) is 0 Å². The van der Waals surface area contributed by atoms with E-state index in [1.54, 1.807) is 27.4 Å². The van der Waals surface area contributed by atoms with Crippen molar-refractivity contribution in [2.75, 3.05) is 34.9 Å². The maximum absolute atomic E-state index is 12.5. The molecule has 0 N–H and O–H groups in total. The predicted molar refractivity (Wildman–Crippen MR) is 101 cm³/mol. The summed E-state index contributed by atoms with van der Waals surface area (Å²) in [4.78, 5) is 12.5. The fourth-order valence-electron chi connectivity index (χ4n) is 2.69. The minimum absolute atomic E-state index is 0.0891. The summed E-state index contributed by atoms with van der Waals surface area (Å²) in [6, 6.07) is 13.1. The van der Waals surface area contributed by atoms with Crippen molar-refractivity contribution < 1.29 is 28.5 Å². The highest BCUT2D eigenvalue weighted by atomic mass is 16.7. The van der Waals surface area contributed by atoms with Gasteiger partial charge in [0, 0.05) is 32.6 Å². The topological polar surface area (TPSA) is 63.2 Å². The van der Waals surface area contributed by atoms with Crippen molar-refractivity contribution in [1.29, 1.82) is 0 Å². The van der Waals surface area contributed by atoms with Gasteiger partial charge < -0.3 is 23.7 Å². The molecule has 0 aliphatic carbocycles. The summed E-state index contributed by atoms with van der Waals surface area (Å²) < 4.78 is 26.4. The van der Waals surface area contributed by atoms with Crippen LogP contribution in [0.15, 0.2) is 42.5 Å². The molecule has 0 fully saturated rings. The summed E-state index contributed by atoms with van der Waals surface area (Å²) in [5, 5.41) is 0. The SMILES string of the molecule is COCOc1ccccc1CCC(=O)Cc1cccc(OC)c1OCOC. The molecule has 6 heteroatoms. The van der Waals surface area contributed by atoms with E-state index in [0.717, 1.165) is 16.9 Å². The van der Waals surface area contributed by atoms with Crippen molar-refractivity contribution >= 4 is 5.78 Å². The minimum atomic E-state index is 0.0891. The molecule has 0 aromatic heterocycles. The van der Waals surface area contributed by atoms with Gasteiger partial charge >= 0.3 is 0 Å². The van der Waals surface area contributed by atoms with Crippen LogP contribution in [0.25, 0.3) is 0 Å². The number of para-hydroxylation sites is 2. The van der Waals surface area contributed by atoms with E-state index in [9.17, 15) is 4.79 Å². The zero-order valence-electron chi connectivity index (χ0n) is 16.0. The predicted octanol–water partition coefficient (Wildman–Crippen LogP) is 3.41. The smallest absolute Gasteiger partial charge is 0.188 e. The molecule has 0 atom stereocenters. The molecule has 0 spiro atoms. The van der Waals surface area contributed by atoms with Crippen molar-refractivity contribution in [3.05, 3.63) is 53.6 Å². The highest BCUT2D eigenvalue weighted by Gasteiger charge is 2.15. The number of hydrogen-bond donors (Lipinski definition) is 0. The number of benzene rings is 2. The molecule has 0 aliphatic rings. The van der Waals surface area contributed by atoms with E-state index in [0.29, 0.717) is 24.3 Å². The van der Waals surface area contributed by atoms with Gasteiger partial charge in [-0.3, -0.25) is 4.79 Å². The van der Waals surface area contributed by atoms with E-state index in [1.165, 1.54) is 0 Å². The average Bonchev–Trinajstić information content (AvgIpc) is 2.70. The van der Waals surface area contributed by atoms with E-state index >= 15 is 0 Å². The number of rotatable bonds is 12. The third-order valence-electron chi connectivity index (χ3n) is 3.97. The van der Waals surface area contributed by atoms with E-state index in [1.807, 2.05) is 36.4 Å². The Morgan fingerprint density at radius 2 is 1.48 bits per heavy atom. The lowest BCUT2D eigenvalue weighted by Gasteiger charge is -2.14. The summed E-state index contributed by atoms with van der Waals surface area (Å²) in [5.74, 6) is 1.96. The molecule has 0 bridgehead atoms. The number of methoxy groups -OCH3 is 3. The number of carbonyl (C=O) groups excluding carboxylic acids is 1. The first kappa shape index (κ1) is 20.7. The highest BCUT2D eigenvalue weighted by Crippen LogP contribution is 2.32. The minimum Gasteiger partial charge on any atom is -0.493 e. The van der Waals surface area contributed by atoms with Gasteiger partial charge in [-0.25, -0.2) is 0 Å². The van der Waals surface area contributed by atoms with Crippen molar-refractivity contribution in [3.63, 3.8) is 0 Å². The standard InChI is InChI=1S/C21H26O6/c1-23-14-26-19-9-5-4-7-16(19)11-12-18(22)13-17-8-6-10-20(25-3)21(17)27-15-24-2/h4-10H,11-15H2,1-3H3. The number of aryl methyl sites for hydroxylation is 1. The molecule has 0 amide bonds. The van der Waals surface area contributed by atoms with Crippen LogP contribution in [0.4, 0.5) is 0 Å². The van der Waals surface area contributed by atoms with E-state index < -0.39 is 0 Å². The van der Waals surface area contributed by atoms with Crippen LogP contribution in [0.3, 0.4) is 0 Å². The zero-order valence-corrected chi connectivity index (χ0v) is 16.0. The second-order valence-electron chi connectivity index (χ2n) is 5.87. The van der Waals surface area contributed by atoms with Gasteiger partial charge in [-0.15, -0.1) is 0 Å². The molecule has 27 heavy (non-hydrogen) atoms. The van der Waals surface area contributed by atoms with Gasteiger partial charge in [0.2, 0.25) is 0 Å². The van der Waals surface area contributed by atoms with Crippen molar-refractivity contribution in [2.45, 2.75) is 19.3 Å². The Morgan fingerprint density at radius 1 is 0.815 bits per heavy atom. The summed E-state index contributed by atoms with van der Waals surface area (Å²) in [5.41, 5.74) is 1.75. The lowest BCUT2D eigenvalue weighted by Crippen LogP contribution is -2.09. The summed E-state index contributed by atoms with van der Waals surface area (Å²) in [6.07, 6.45) is 1.25. The van der Waals surface area contributed by atoms with E-state index in [4.69, 9.17) is 23.7 Å². The Kier molecular flexibility index (Phi) is 8.61. The lowest BCUT2D eigenvalue weighted by molar-refractivity contribution is -0.118. The lowest BCUT2D eigenvalue weighted by atomic mass is 10.0. The Labute approximate surface area is 160 Å². The number of ether oxygens (including phenoxy) is 5. The van der Waals surface area contributed by atoms with Gasteiger partial charge in [0.05, 0.1) is 7.11 Å². The maximum Gasteiger partial charge on any atom is 0.188 e. The molecule has 0 radical (unpaired) electrons. The second-order valence-corrected chi connectivity index (χ2v) is 5.87. The van der Waals surface area contributed by atoms with Crippen LogP contribution in [0.5, 0.6) is 17.2 Å². The van der Waals surface area contributed by atoms with Gasteiger partial charge in [0.1, 0.15) is 11.5 Å². The van der Waals surface area contributed by atoms with Crippen molar-refractivity contribution in [2.24, 2.45) is 0 Å². The van der Waals surface area contributed by atoms with E-state index in [2.05, 4.69) is 0 Å². The van der Waals surface area contributed by atoms with Crippen molar-refractivity contribution in [1.82, 2.24) is 0 Å². The molecule has 0 saturated carbocycles. The highest BCUT2D eigenvalue weighted by molar-refractivity contribution is 5.82. The van der Waals surface area contributed by atoms with Gasteiger partial charge in [-0.2, -0.15) is 0 Å². The number of hydrogen-bond acceptors (Lipinski definition) is 6. The molecule has 0 unspecified atom stereocenters. The van der Waals surface area contributed by atoms with Crippen LogP contribution >= 0.6 is 0 Å². The second kappa shape index (κ2) is 11.2. The Morgan fingerprint density at radius 3 is 2.22 bits per heavy atom. The van der Waals surface area contributed by atoms with E-state index in [-0.39, 0.29) is 25.8 Å². The number of ketones is 1. The molecule has 0 saturated heterocycles. The first-order valence-corrected chi connectivity index (χ1v) is 8.68. The molecular formula is C21H26O6. The summed E-state index contributed by atoms with van der Waals surface area (Å²) >= 11 is 0. The monoisotopic (exact) mass is 374 g/mol. The molecule has 2 aromatic carbocycles. The number of Topliss-reactive ketones (excluding diaryl/α,β-unsaturated/α-hetero) is 1. The number of carbonyl (C=O) groups is 1. The fraction of sp³-hybridized carbons (Fsp3) is 0.381. The molecular weight excluding hydrogens is 348 g/mol. The summed E-state index contributed by atoms with van der Waals surface area (Å²) in [6.45, 7) is 0.265. The molecule has 6 nitrogen and oxygen atoms in total. The van der Waals surface area contributed by atoms with Gasteiger partial charge in [-0.05, 0) is 24.1 Å². The van der Waals surface area contributed by atoms with Crippen LogP contribution in [0.1, 0.15) is 17.5 Å². The first-order chi connectivity index (χ1) is 13.2. The molecule has 0 heterocycles. The Bertz CT molecular complexity index is 728. The fourth-order valence-corrected chi connectivity index (χ4v) is 2.69. The van der Waals surface area contributed by atoms with Crippen molar-refractivity contribution in [3.8, 4) is 17.2 Å².